The Balaban J connectivity index is 1.86. The Hall–Kier alpha value is -0.930. The quantitative estimate of drug-likeness (QED) is 0.889. The zero-order valence-electron chi connectivity index (χ0n) is 11.3. The second-order valence-corrected chi connectivity index (χ2v) is 5.88. The van der Waals surface area contributed by atoms with Gasteiger partial charge in [-0.25, -0.2) is 0 Å². The fourth-order valence-electron chi connectivity index (χ4n) is 3.78. The van der Waals surface area contributed by atoms with Crippen LogP contribution in [0.1, 0.15) is 43.5 Å². The molecule has 0 amide bonds. The van der Waals surface area contributed by atoms with Crippen LogP contribution < -0.4 is 0 Å². The molecule has 2 saturated heterocycles. The van der Waals surface area contributed by atoms with Gasteiger partial charge >= 0.3 is 0 Å². The lowest BCUT2D eigenvalue weighted by atomic mass is 9.59. The molecule has 3 heteroatoms. The molecule has 1 aromatic heterocycles. The van der Waals surface area contributed by atoms with Gasteiger partial charge < -0.3 is 5.11 Å². The lowest BCUT2D eigenvalue weighted by molar-refractivity contribution is -0.145. The minimum atomic E-state index is -0.387. The minimum absolute atomic E-state index is 0.00535. The number of aliphatic hydroxyl groups excluding tert-OH is 1. The maximum Gasteiger partial charge on any atom is 0.0988 e. The molecule has 0 radical (unpaired) electrons. The van der Waals surface area contributed by atoms with Crippen LogP contribution >= 0.6 is 0 Å². The number of nitrogens with zero attached hydrogens (tertiary/aromatic N) is 2. The van der Waals surface area contributed by atoms with E-state index in [0.717, 1.165) is 43.1 Å². The topological polar surface area (TPSA) is 36.4 Å². The number of piperidine rings is 2. The Morgan fingerprint density at radius 3 is 2.89 bits per heavy atom. The average Bonchev–Trinajstić information content (AvgIpc) is 2.37. The number of aromatic nitrogens is 1. The van der Waals surface area contributed by atoms with Gasteiger partial charge in [0.05, 0.1) is 11.6 Å². The predicted molar refractivity (Wildman–Crippen MR) is 71.3 cm³/mol. The number of fused-ring (bicyclic) bond motifs is 2. The highest BCUT2D eigenvalue weighted by Gasteiger charge is 2.55. The van der Waals surface area contributed by atoms with Crippen molar-refractivity contribution in [3.05, 3.63) is 29.6 Å². The molecule has 3 nitrogen and oxygen atoms in total. The van der Waals surface area contributed by atoms with Crippen molar-refractivity contribution in [3.8, 4) is 0 Å². The highest BCUT2D eigenvalue weighted by molar-refractivity contribution is 5.23. The summed E-state index contributed by atoms with van der Waals surface area (Å²) in [4.78, 5) is 6.79. The van der Waals surface area contributed by atoms with Crippen LogP contribution in [0.25, 0.3) is 0 Å². The van der Waals surface area contributed by atoms with Crippen molar-refractivity contribution in [3.63, 3.8) is 0 Å². The van der Waals surface area contributed by atoms with Gasteiger partial charge in [-0.3, -0.25) is 9.88 Å². The summed E-state index contributed by atoms with van der Waals surface area (Å²) in [6.45, 7) is 6.34. The van der Waals surface area contributed by atoms with Gasteiger partial charge in [-0.2, -0.15) is 0 Å². The average molecular weight is 246 g/mol. The molecule has 3 heterocycles. The van der Waals surface area contributed by atoms with Crippen molar-refractivity contribution in [1.29, 1.82) is 0 Å². The summed E-state index contributed by atoms with van der Waals surface area (Å²) in [5.41, 5.74) is 1.97. The van der Waals surface area contributed by atoms with Crippen molar-refractivity contribution >= 4 is 0 Å². The number of aliphatic hydroxyl groups is 1. The zero-order valence-corrected chi connectivity index (χ0v) is 11.3. The van der Waals surface area contributed by atoms with Crippen LogP contribution in [0.5, 0.6) is 0 Å². The monoisotopic (exact) mass is 246 g/mol. The molecule has 0 aromatic carbocycles. The molecule has 1 saturated carbocycles. The lowest BCUT2D eigenvalue weighted by Crippen LogP contribution is -2.65. The highest BCUT2D eigenvalue weighted by Crippen LogP contribution is 2.54. The minimum Gasteiger partial charge on any atom is -0.386 e. The molecule has 18 heavy (non-hydrogen) atoms. The standard InChI is InChI=1S/C15H22N2O/c1-3-17-7-6-12-8-15(17,9-12)14(18)13-5-4-11(2)16-10-13/h4-5,10,12,14,18H,3,6-9H2,1-2H3. The Labute approximate surface area is 109 Å². The van der Waals surface area contributed by atoms with Crippen LogP contribution in [-0.4, -0.2) is 33.6 Å². The van der Waals surface area contributed by atoms with Crippen LogP contribution in [0.3, 0.4) is 0 Å². The second kappa shape index (κ2) is 4.32. The Morgan fingerprint density at radius 1 is 1.50 bits per heavy atom. The summed E-state index contributed by atoms with van der Waals surface area (Å²) < 4.78 is 0. The van der Waals surface area contributed by atoms with Gasteiger partial charge in [0.15, 0.2) is 0 Å². The van der Waals surface area contributed by atoms with Crippen molar-refractivity contribution in [2.45, 2.75) is 44.8 Å². The SMILES string of the molecule is CCN1CCC2CC1(C(O)c1ccc(C)nc1)C2. The smallest absolute Gasteiger partial charge is 0.0988 e. The summed E-state index contributed by atoms with van der Waals surface area (Å²) in [5, 5.41) is 10.8. The first kappa shape index (κ1) is 12.1. The zero-order chi connectivity index (χ0) is 12.8. The van der Waals surface area contributed by atoms with Gasteiger partial charge in [-0.05, 0) is 51.3 Å². The fourth-order valence-corrected chi connectivity index (χ4v) is 3.78. The van der Waals surface area contributed by atoms with E-state index in [1.807, 2.05) is 25.3 Å². The molecule has 3 aliphatic rings. The number of aryl methyl sites for hydroxylation is 1. The number of hydrogen-bond donors (Lipinski definition) is 1. The van der Waals surface area contributed by atoms with E-state index in [0.29, 0.717) is 0 Å². The van der Waals surface area contributed by atoms with Crippen LogP contribution in [-0.2, 0) is 0 Å². The van der Waals surface area contributed by atoms with Gasteiger partial charge in [-0.15, -0.1) is 0 Å². The Morgan fingerprint density at radius 2 is 2.28 bits per heavy atom. The number of likely N-dealkylation sites (N-methyl/N-ethyl adjacent to an activating group) is 1. The number of hydrogen-bond acceptors (Lipinski definition) is 3. The van der Waals surface area contributed by atoms with E-state index in [4.69, 9.17) is 0 Å². The number of rotatable bonds is 3. The van der Waals surface area contributed by atoms with E-state index >= 15 is 0 Å². The van der Waals surface area contributed by atoms with E-state index in [1.54, 1.807) is 0 Å². The third-order valence-electron chi connectivity index (χ3n) is 4.86. The predicted octanol–water partition coefficient (Wildman–Crippen LogP) is 2.30. The summed E-state index contributed by atoms with van der Waals surface area (Å²) >= 11 is 0. The maximum atomic E-state index is 10.8. The van der Waals surface area contributed by atoms with Crippen LogP contribution in [0.15, 0.2) is 18.3 Å². The molecule has 4 rings (SSSR count). The number of pyridine rings is 1. The van der Waals surface area contributed by atoms with Crippen molar-refractivity contribution in [2.24, 2.45) is 5.92 Å². The van der Waals surface area contributed by atoms with E-state index in [9.17, 15) is 5.11 Å². The van der Waals surface area contributed by atoms with Crippen molar-refractivity contribution in [2.75, 3.05) is 13.1 Å². The van der Waals surface area contributed by atoms with Crippen molar-refractivity contribution < 1.29 is 5.11 Å². The van der Waals surface area contributed by atoms with Gasteiger partial charge in [0.25, 0.3) is 0 Å². The summed E-state index contributed by atoms with van der Waals surface area (Å²) in [6.07, 6.45) is 5.05. The molecule has 0 spiro atoms. The molecular weight excluding hydrogens is 224 g/mol. The summed E-state index contributed by atoms with van der Waals surface area (Å²) in [5.74, 6) is 0.834. The van der Waals surface area contributed by atoms with Gasteiger partial charge in [0.1, 0.15) is 0 Å². The third-order valence-corrected chi connectivity index (χ3v) is 4.86. The third kappa shape index (κ3) is 1.69. The first-order valence-corrected chi connectivity index (χ1v) is 7.01. The molecule has 1 unspecified atom stereocenters. The fraction of sp³-hybridized carbons (Fsp3) is 0.667. The molecule has 98 valence electrons. The van der Waals surface area contributed by atoms with Gasteiger partial charge in [0, 0.05) is 17.5 Å². The van der Waals surface area contributed by atoms with Crippen LogP contribution in [0.2, 0.25) is 0 Å². The van der Waals surface area contributed by atoms with Gasteiger partial charge in [0.2, 0.25) is 0 Å². The highest BCUT2D eigenvalue weighted by atomic mass is 16.3. The lowest BCUT2D eigenvalue weighted by Gasteiger charge is -2.61. The largest absolute Gasteiger partial charge is 0.386 e. The summed E-state index contributed by atoms with van der Waals surface area (Å²) in [7, 11) is 0. The molecule has 3 fully saturated rings. The molecule has 1 aromatic rings. The summed E-state index contributed by atoms with van der Waals surface area (Å²) in [6, 6.07) is 4.02. The molecule has 1 atom stereocenters. The first-order valence-electron chi connectivity index (χ1n) is 7.01. The first-order chi connectivity index (χ1) is 8.65. The normalized spacial score (nSPS) is 32.9. The molecule has 1 N–H and O–H groups in total. The molecule has 1 aliphatic carbocycles. The maximum absolute atomic E-state index is 10.8. The molecular formula is C15H22N2O. The van der Waals surface area contributed by atoms with Crippen LogP contribution in [0.4, 0.5) is 0 Å². The molecule has 2 aliphatic heterocycles. The Kier molecular flexibility index (Phi) is 2.91. The van der Waals surface area contributed by atoms with Crippen LogP contribution in [0, 0.1) is 12.8 Å². The molecule has 2 bridgehead atoms. The van der Waals surface area contributed by atoms with E-state index in [1.165, 1.54) is 6.42 Å². The Bertz CT molecular complexity index is 423. The van der Waals surface area contributed by atoms with Crippen molar-refractivity contribution in [1.82, 2.24) is 9.88 Å². The van der Waals surface area contributed by atoms with E-state index < -0.39 is 0 Å². The van der Waals surface area contributed by atoms with Gasteiger partial charge in [-0.1, -0.05) is 13.0 Å². The van der Waals surface area contributed by atoms with E-state index in [-0.39, 0.29) is 11.6 Å². The second-order valence-electron chi connectivity index (χ2n) is 5.88. The van der Waals surface area contributed by atoms with E-state index in [2.05, 4.69) is 16.8 Å².